The zero-order chi connectivity index (χ0) is 25.9. The molecule has 0 radical (unpaired) electrons. The third-order valence-corrected chi connectivity index (χ3v) is 8.18. The highest BCUT2D eigenvalue weighted by Gasteiger charge is 2.23. The number of sulfonamides is 1. The molecule has 0 spiro atoms. The number of aryl methyl sites for hydroxylation is 1. The fourth-order valence-electron chi connectivity index (χ4n) is 3.85. The number of amides is 1. The number of piperazine rings is 1. The molecule has 1 N–H and O–H groups in total. The summed E-state index contributed by atoms with van der Waals surface area (Å²) in [5.74, 6) is 0.264. The molecule has 0 aromatic heterocycles. The zero-order valence-electron chi connectivity index (χ0n) is 19.4. The average Bonchev–Trinajstić information content (AvgIpc) is 2.86. The molecule has 1 amide bonds. The minimum Gasteiger partial charge on any atom is -0.484 e. The maximum atomic E-state index is 12.7. The van der Waals surface area contributed by atoms with E-state index in [0.717, 1.165) is 11.3 Å². The summed E-state index contributed by atoms with van der Waals surface area (Å²) in [7, 11) is -3.84. The molecule has 0 atom stereocenters. The highest BCUT2D eigenvalue weighted by molar-refractivity contribution is 7.92. The number of benzene rings is 3. The van der Waals surface area contributed by atoms with E-state index in [1.54, 1.807) is 4.90 Å². The van der Waals surface area contributed by atoms with Crippen molar-refractivity contribution >= 4 is 62.1 Å². The number of carbonyl (C=O) groups excluding carboxylic acids is 1. The number of nitrogens with zero attached hydrogens (tertiary/aromatic N) is 2. The van der Waals surface area contributed by atoms with E-state index in [0.29, 0.717) is 47.7 Å². The molecule has 3 aromatic carbocycles. The van der Waals surface area contributed by atoms with Crippen molar-refractivity contribution in [2.75, 3.05) is 42.4 Å². The molecule has 190 valence electrons. The SMILES string of the molecule is Cc1ccc(Cl)cc1N1CCN(C(=O)COc2ccc(S(=O)(=O)Nc3ccc(Cl)c(Cl)c3)cc2)CC1. The Morgan fingerprint density at radius 2 is 1.61 bits per heavy atom. The summed E-state index contributed by atoms with van der Waals surface area (Å²) in [5.41, 5.74) is 2.51. The summed E-state index contributed by atoms with van der Waals surface area (Å²) < 4.78 is 33.4. The molecule has 1 aliphatic heterocycles. The van der Waals surface area contributed by atoms with Crippen LogP contribution in [0, 0.1) is 6.92 Å². The van der Waals surface area contributed by atoms with Crippen molar-refractivity contribution in [1.82, 2.24) is 4.90 Å². The molecule has 1 saturated heterocycles. The van der Waals surface area contributed by atoms with Gasteiger partial charge in [0.25, 0.3) is 15.9 Å². The molecular weight excluding hydrogens is 545 g/mol. The monoisotopic (exact) mass is 567 g/mol. The number of halogens is 3. The Bertz CT molecular complexity index is 1360. The fourth-order valence-corrected chi connectivity index (χ4v) is 5.36. The molecule has 7 nitrogen and oxygen atoms in total. The fraction of sp³-hybridized carbons (Fsp3) is 0.240. The molecule has 0 unspecified atom stereocenters. The van der Waals surface area contributed by atoms with Crippen LogP contribution in [0.1, 0.15) is 5.56 Å². The lowest BCUT2D eigenvalue weighted by Crippen LogP contribution is -2.50. The Labute approximate surface area is 225 Å². The number of carbonyl (C=O) groups is 1. The normalized spacial score (nSPS) is 14.0. The van der Waals surface area contributed by atoms with Gasteiger partial charge in [0.15, 0.2) is 6.61 Å². The first-order valence-electron chi connectivity index (χ1n) is 11.1. The van der Waals surface area contributed by atoms with E-state index in [1.165, 1.54) is 42.5 Å². The summed E-state index contributed by atoms with van der Waals surface area (Å²) in [6, 6.07) is 16.1. The number of anilines is 2. The third kappa shape index (κ3) is 6.37. The second-order valence-corrected chi connectivity index (χ2v) is 11.2. The van der Waals surface area contributed by atoms with Crippen molar-refractivity contribution in [3.05, 3.63) is 81.3 Å². The zero-order valence-corrected chi connectivity index (χ0v) is 22.5. The molecular formula is C25H24Cl3N3O4S. The van der Waals surface area contributed by atoms with Gasteiger partial charge in [0.05, 0.1) is 20.6 Å². The molecule has 0 bridgehead atoms. The Morgan fingerprint density at radius 3 is 2.28 bits per heavy atom. The highest BCUT2D eigenvalue weighted by Crippen LogP contribution is 2.27. The van der Waals surface area contributed by atoms with Crippen LogP contribution in [0.3, 0.4) is 0 Å². The molecule has 36 heavy (non-hydrogen) atoms. The number of ether oxygens (including phenoxy) is 1. The van der Waals surface area contributed by atoms with E-state index in [-0.39, 0.29) is 22.4 Å². The van der Waals surface area contributed by atoms with Crippen LogP contribution in [0.4, 0.5) is 11.4 Å². The van der Waals surface area contributed by atoms with Crippen LogP contribution in [0.25, 0.3) is 0 Å². The Kier molecular flexibility index (Phi) is 8.20. The lowest BCUT2D eigenvalue weighted by Gasteiger charge is -2.36. The van der Waals surface area contributed by atoms with E-state index in [9.17, 15) is 13.2 Å². The van der Waals surface area contributed by atoms with Gasteiger partial charge in [-0.3, -0.25) is 9.52 Å². The Morgan fingerprint density at radius 1 is 0.917 bits per heavy atom. The molecule has 0 saturated carbocycles. The molecule has 4 rings (SSSR count). The lowest BCUT2D eigenvalue weighted by molar-refractivity contribution is -0.133. The first kappa shape index (κ1) is 26.4. The first-order chi connectivity index (χ1) is 17.1. The number of hydrogen-bond donors (Lipinski definition) is 1. The number of hydrogen-bond acceptors (Lipinski definition) is 5. The average molecular weight is 569 g/mol. The Balaban J connectivity index is 1.29. The van der Waals surface area contributed by atoms with Gasteiger partial charge >= 0.3 is 0 Å². The van der Waals surface area contributed by atoms with Crippen LogP contribution in [-0.4, -0.2) is 52.0 Å². The number of nitrogens with one attached hydrogen (secondary N) is 1. The topological polar surface area (TPSA) is 79.0 Å². The van der Waals surface area contributed by atoms with E-state index < -0.39 is 10.0 Å². The first-order valence-corrected chi connectivity index (χ1v) is 13.7. The summed E-state index contributed by atoms with van der Waals surface area (Å²) in [4.78, 5) is 16.7. The molecule has 1 heterocycles. The van der Waals surface area contributed by atoms with Gasteiger partial charge in [-0.2, -0.15) is 0 Å². The summed E-state index contributed by atoms with van der Waals surface area (Å²) in [6.45, 7) is 4.45. The van der Waals surface area contributed by atoms with Gasteiger partial charge < -0.3 is 14.5 Å². The molecule has 1 aliphatic rings. The molecule has 11 heteroatoms. The van der Waals surface area contributed by atoms with Gasteiger partial charge in [-0.25, -0.2) is 8.42 Å². The standard InChI is InChI=1S/C25H24Cl3N3O4S/c1-17-2-3-18(26)14-24(17)30-10-12-31(13-11-30)25(32)16-35-20-5-7-21(8-6-20)36(33,34)29-19-4-9-22(27)23(28)15-19/h2-9,14-15,29H,10-13,16H2,1H3. The van der Waals surface area contributed by atoms with Crippen molar-refractivity contribution in [3.63, 3.8) is 0 Å². The van der Waals surface area contributed by atoms with Crippen molar-refractivity contribution in [3.8, 4) is 5.75 Å². The number of rotatable bonds is 7. The quantitative estimate of drug-likeness (QED) is 0.408. The summed E-state index contributed by atoms with van der Waals surface area (Å²) >= 11 is 18.0. The molecule has 3 aromatic rings. The highest BCUT2D eigenvalue weighted by atomic mass is 35.5. The van der Waals surface area contributed by atoms with E-state index in [1.807, 2.05) is 25.1 Å². The van der Waals surface area contributed by atoms with Gasteiger partial charge in [0.2, 0.25) is 0 Å². The van der Waals surface area contributed by atoms with Crippen LogP contribution < -0.4 is 14.4 Å². The second-order valence-electron chi connectivity index (χ2n) is 8.29. The predicted octanol–water partition coefficient (Wildman–Crippen LogP) is 5.48. The second kappa shape index (κ2) is 11.2. The smallest absolute Gasteiger partial charge is 0.261 e. The van der Waals surface area contributed by atoms with E-state index >= 15 is 0 Å². The third-order valence-electron chi connectivity index (χ3n) is 5.81. The minimum absolute atomic E-state index is 0.0414. The largest absolute Gasteiger partial charge is 0.484 e. The molecule has 1 fully saturated rings. The maximum Gasteiger partial charge on any atom is 0.261 e. The van der Waals surface area contributed by atoms with Crippen LogP contribution in [-0.2, 0) is 14.8 Å². The van der Waals surface area contributed by atoms with Crippen molar-refractivity contribution in [2.24, 2.45) is 0 Å². The predicted molar refractivity (Wildman–Crippen MR) is 144 cm³/mol. The summed E-state index contributed by atoms with van der Waals surface area (Å²) in [6.07, 6.45) is 0. The van der Waals surface area contributed by atoms with Gasteiger partial charge in [0.1, 0.15) is 5.75 Å². The van der Waals surface area contributed by atoms with Crippen molar-refractivity contribution in [2.45, 2.75) is 11.8 Å². The molecule has 0 aliphatic carbocycles. The van der Waals surface area contributed by atoms with Gasteiger partial charge in [-0.15, -0.1) is 0 Å². The Hall–Kier alpha value is -2.65. The maximum absolute atomic E-state index is 12.7. The van der Waals surface area contributed by atoms with Crippen LogP contribution in [0.2, 0.25) is 15.1 Å². The van der Waals surface area contributed by atoms with Crippen LogP contribution in [0.5, 0.6) is 5.75 Å². The van der Waals surface area contributed by atoms with E-state index in [2.05, 4.69) is 9.62 Å². The lowest BCUT2D eigenvalue weighted by atomic mass is 10.1. The van der Waals surface area contributed by atoms with Gasteiger partial charge in [0, 0.05) is 36.9 Å². The summed E-state index contributed by atoms with van der Waals surface area (Å²) in [5, 5.41) is 1.26. The van der Waals surface area contributed by atoms with Gasteiger partial charge in [-0.1, -0.05) is 40.9 Å². The van der Waals surface area contributed by atoms with Gasteiger partial charge in [-0.05, 0) is 67.1 Å². The van der Waals surface area contributed by atoms with Crippen molar-refractivity contribution in [1.29, 1.82) is 0 Å². The van der Waals surface area contributed by atoms with Crippen molar-refractivity contribution < 1.29 is 17.9 Å². The van der Waals surface area contributed by atoms with E-state index in [4.69, 9.17) is 39.5 Å². The minimum atomic E-state index is -3.84. The van der Waals surface area contributed by atoms with Crippen LogP contribution in [0.15, 0.2) is 65.6 Å². The van der Waals surface area contributed by atoms with Crippen LogP contribution >= 0.6 is 34.8 Å².